The predicted octanol–water partition coefficient (Wildman–Crippen LogP) is 4.93. The van der Waals surface area contributed by atoms with Gasteiger partial charge >= 0.3 is 0 Å². The monoisotopic (exact) mass is 484 g/mol. The number of hydrogen-bond acceptors (Lipinski definition) is 7. The highest BCUT2D eigenvalue weighted by molar-refractivity contribution is 7.17. The van der Waals surface area contributed by atoms with Gasteiger partial charge in [0, 0.05) is 30.2 Å². The molecule has 2 aromatic carbocycles. The van der Waals surface area contributed by atoms with Gasteiger partial charge in [0.25, 0.3) is 0 Å². The van der Waals surface area contributed by atoms with Gasteiger partial charge in [-0.3, -0.25) is 0 Å². The molecule has 2 aromatic heterocycles. The molecule has 2 N–H and O–H groups in total. The summed E-state index contributed by atoms with van der Waals surface area (Å²) in [6.07, 6.45) is 0.588. The molecular formula is C25H25ClN2O4S. The van der Waals surface area contributed by atoms with Crippen LogP contribution in [0.4, 0.5) is 0 Å². The third-order valence-corrected chi connectivity index (χ3v) is 7.32. The number of rotatable bonds is 7. The average molecular weight is 485 g/mol. The molecule has 1 atom stereocenters. The van der Waals surface area contributed by atoms with Gasteiger partial charge in [-0.15, -0.1) is 11.3 Å². The number of aromatic nitrogens is 1. The molecule has 0 radical (unpaired) electrons. The lowest BCUT2D eigenvalue weighted by atomic mass is 9.84. The summed E-state index contributed by atoms with van der Waals surface area (Å²) < 4.78 is 12.2. The number of benzene rings is 2. The molecule has 0 spiro atoms. The van der Waals surface area contributed by atoms with E-state index in [1.165, 1.54) is 0 Å². The van der Waals surface area contributed by atoms with E-state index in [2.05, 4.69) is 10.1 Å². The molecule has 0 amide bonds. The molecule has 0 saturated carbocycles. The second kappa shape index (κ2) is 9.44. The molecule has 172 valence electrons. The maximum absolute atomic E-state index is 11.0. The summed E-state index contributed by atoms with van der Waals surface area (Å²) in [7, 11) is 0. The van der Waals surface area contributed by atoms with Crippen LogP contribution < -0.4 is 4.74 Å². The van der Waals surface area contributed by atoms with Gasteiger partial charge in [-0.2, -0.15) is 0 Å². The molecular weight excluding hydrogens is 460 g/mol. The normalized spacial score (nSPS) is 17.3. The molecule has 0 aliphatic carbocycles. The van der Waals surface area contributed by atoms with Crippen LogP contribution in [0.1, 0.15) is 18.4 Å². The zero-order valence-electron chi connectivity index (χ0n) is 18.0. The molecule has 0 bridgehead atoms. The molecule has 3 heterocycles. The summed E-state index contributed by atoms with van der Waals surface area (Å²) in [5, 5.41) is 28.4. The molecule has 33 heavy (non-hydrogen) atoms. The Hall–Kier alpha value is -2.42. The predicted molar refractivity (Wildman–Crippen MR) is 130 cm³/mol. The molecule has 1 aliphatic rings. The molecule has 4 aromatic rings. The fourth-order valence-corrected chi connectivity index (χ4v) is 5.23. The van der Waals surface area contributed by atoms with Crippen molar-refractivity contribution in [2.24, 2.45) is 0 Å². The van der Waals surface area contributed by atoms with E-state index in [0.29, 0.717) is 43.2 Å². The summed E-state index contributed by atoms with van der Waals surface area (Å²) >= 11 is 7.56. The van der Waals surface area contributed by atoms with E-state index in [4.69, 9.17) is 20.9 Å². The largest absolute Gasteiger partial charge is 0.491 e. The van der Waals surface area contributed by atoms with E-state index < -0.39 is 11.7 Å². The Kier molecular flexibility index (Phi) is 6.40. The van der Waals surface area contributed by atoms with Gasteiger partial charge in [-0.1, -0.05) is 41.0 Å². The fraction of sp³-hybridized carbons (Fsp3) is 0.320. The Bertz CT molecular complexity index is 1210. The van der Waals surface area contributed by atoms with Crippen LogP contribution in [-0.2, 0) is 5.60 Å². The Labute approximate surface area is 201 Å². The lowest BCUT2D eigenvalue weighted by Gasteiger charge is -2.39. The first-order valence-corrected chi connectivity index (χ1v) is 12.2. The second-order valence-electron chi connectivity index (χ2n) is 8.48. The Morgan fingerprint density at radius 2 is 1.94 bits per heavy atom. The van der Waals surface area contributed by atoms with Gasteiger partial charge in [0.15, 0.2) is 5.58 Å². The summed E-state index contributed by atoms with van der Waals surface area (Å²) in [4.78, 5) is 2.16. The molecule has 5 rings (SSSR count). The first-order chi connectivity index (χ1) is 16.0. The van der Waals surface area contributed by atoms with E-state index in [9.17, 15) is 10.2 Å². The number of fused-ring (bicyclic) bond motifs is 1. The van der Waals surface area contributed by atoms with Gasteiger partial charge in [0.1, 0.15) is 28.9 Å². The molecule has 8 heteroatoms. The SMILES string of the molecule is O[C@@H](COc1cccc(-c2noc3ccsc23)c1)CN1CCC(O)(c2ccc(Cl)cc2)CC1. The minimum atomic E-state index is -0.849. The van der Waals surface area contributed by atoms with E-state index >= 15 is 0 Å². The average Bonchev–Trinajstić information content (AvgIpc) is 3.44. The van der Waals surface area contributed by atoms with E-state index in [1.54, 1.807) is 11.3 Å². The highest BCUT2D eigenvalue weighted by Gasteiger charge is 2.34. The van der Waals surface area contributed by atoms with Crippen LogP contribution in [0.5, 0.6) is 5.75 Å². The van der Waals surface area contributed by atoms with Crippen molar-refractivity contribution in [2.75, 3.05) is 26.2 Å². The topological polar surface area (TPSA) is 79.0 Å². The third-order valence-electron chi connectivity index (χ3n) is 6.16. The highest BCUT2D eigenvalue weighted by Crippen LogP contribution is 2.34. The maximum atomic E-state index is 11.0. The lowest BCUT2D eigenvalue weighted by Crippen LogP contribution is -2.46. The lowest BCUT2D eigenvalue weighted by molar-refractivity contribution is -0.0372. The van der Waals surface area contributed by atoms with Crippen molar-refractivity contribution in [1.82, 2.24) is 10.1 Å². The number of nitrogens with zero attached hydrogens (tertiary/aromatic N) is 2. The number of likely N-dealkylation sites (tertiary alicyclic amines) is 1. The summed E-state index contributed by atoms with van der Waals surface area (Å²) in [5.41, 5.74) is 2.54. The van der Waals surface area contributed by atoms with E-state index in [0.717, 1.165) is 27.1 Å². The van der Waals surface area contributed by atoms with Crippen molar-refractivity contribution >= 4 is 33.2 Å². The minimum Gasteiger partial charge on any atom is -0.491 e. The van der Waals surface area contributed by atoms with Crippen LogP contribution in [0.3, 0.4) is 0 Å². The number of halogens is 1. The Balaban J connectivity index is 1.14. The van der Waals surface area contributed by atoms with Crippen LogP contribution in [0.2, 0.25) is 5.02 Å². The van der Waals surface area contributed by atoms with Gasteiger partial charge in [0.05, 0.1) is 5.60 Å². The minimum absolute atomic E-state index is 0.189. The quantitative estimate of drug-likeness (QED) is 0.387. The number of β-amino-alcohol motifs (C(OH)–C–C–N with tert-alkyl or cyclic N) is 1. The van der Waals surface area contributed by atoms with Crippen molar-refractivity contribution in [3.63, 3.8) is 0 Å². The molecule has 0 unspecified atom stereocenters. The van der Waals surface area contributed by atoms with Crippen LogP contribution in [0.25, 0.3) is 21.5 Å². The van der Waals surface area contributed by atoms with E-state index in [1.807, 2.05) is 60.0 Å². The Morgan fingerprint density at radius 3 is 2.73 bits per heavy atom. The number of ether oxygens (including phenoxy) is 1. The zero-order chi connectivity index (χ0) is 22.8. The van der Waals surface area contributed by atoms with Crippen molar-refractivity contribution in [2.45, 2.75) is 24.5 Å². The number of aliphatic hydroxyl groups is 2. The summed E-state index contributed by atoms with van der Waals surface area (Å²) in [6.45, 7) is 2.09. The molecule has 6 nitrogen and oxygen atoms in total. The van der Waals surface area contributed by atoms with Crippen LogP contribution in [0, 0.1) is 0 Å². The highest BCUT2D eigenvalue weighted by atomic mass is 35.5. The van der Waals surface area contributed by atoms with Crippen molar-refractivity contribution in [3.05, 3.63) is 70.6 Å². The van der Waals surface area contributed by atoms with Gasteiger partial charge in [0.2, 0.25) is 0 Å². The van der Waals surface area contributed by atoms with Gasteiger partial charge in [-0.05, 0) is 54.1 Å². The maximum Gasteiger partial charge on any atom is 0.178 e. The van der Waals surface area contributed by atoms with Crippen molar-refractivity contribution in [1.29, 1.82) is 0 Å². The van der Waals surface area contributed by atoms with E-state index in [-0.39, 0.29) is 6.61 Å². The van der Waals surface area contributed by atoms with Crippen molar-refractivity contribution < 1.29 is 19.5 Å². The summed E-state index contributed by atoms with van der Waals surface area (Å²) in [6, 6.07) is 17.0. The molecule has 1 fully saturated rings. The van der Waals surface area contributed by atoms with Gasteiger partial charge in [-0.25, -0.2) is 0 Å². The number of piperidine rings is 1. The molecule has 1 saturated heterocycles. The third kappa shape index (κ3) is 4.93. The number of aliphatic hydroxyl groups excluding tert-OH is 1. The smallest absolute Gasteiger partial charge is 0.178 e. The fourth-order valence-electron chi connectivity index (χ4n) is 4.29. The Morgan fingerprint density at radius 1 is 1.15 bits per heavy atom. The summed E-state index contributed by atoms with van der Waals surface area (Å²) in [5.74, 6) is 0.676. The van der Waals surface area contributed by atoms with Gasteiger partial charge < -0.3 is 24.4 Å². The zero-order valence-corrected chi connectivity index (χ0v) is 19.6. The van der Waals surface area contributed by atoms with Crippen molar-refractivity contribution in [3.8, 4) is 17.0 Å². The van der Waals surface area contributed by atoms with Crippen LogP contribution in [0.15, 0.2) is 64.5 Å². The number of thiophene rings is 1. The van der Waals surface area contributed by atoms with Crippen LogP contribution in [-0.4, -0.2) is 52.6 Å². The molecule has 1 aliphatic heterocycles. The first kappa shape index (κ1) is 22.4. The first-order valence-electron chi connectivity index (χ1n) is 11.0. The standard InChI is InChI=1S/C25H25ClN2O4S/c26-19-6-4-18(5-7-19)25(30)9-11-28(12-10-25)15-20(29)16-31-21-3-1-2-17(14-21)23-24-22(32-27-23)8-13-33-24/h1-8,13-14,20,29-30H,9-12,15-16H2/t20-/m1/s1. The van der Waals surface area contributed by atoms with Crippen LogP contribution >= 0.6 is 22.9 Å². The second-order valence-corrected chi connectivity index (χ2v) is 9.83. The number of hydrogen-bond donors (Lipinski definition) is 2.